The van der Waals surface area contributed by atoms with Gasteiger partial charge in [0.15, 0.2) is 0 Å². The Balaban J connectivity index is 0. The quantitative estimate of drug-likeness (QED) is 0.307. The van der Waals surface area contributed by atoms with Crippen molar-refractivity contribution in [1.29, 1.82) is 0 Å². The summed E-state index contributed by atoms with van der Waals surface area (Å²) < 4.78 is 0. The fourth-order valence-electron chi connectivity index (χ4n) is 0.214. The molecule has 0 unspecified atom stereocenters. The Labute approximate surface area is 67.5 Å². The Hall–Kier alpha value is -1.22. The van der Waals surface area contributed by atoms with E-state index in [0.717, 1.165) is 0 Å². The summed E-state index contributed by atoms with van der Waals surface area (Å²) in [6.45, 7) is 0. The number of carboxylic acids is 2. The number of rotatable bonds is 4. The lowest BCUT2D eigenvalue weighted by molar-refractivity contribution is -0.304. The topological polar surface area (TPSA) is 145 Å². The summed E-state index contributed by atoms with van der Waals surface area (Å²) in [5.41, 5.74) is 0. The van der Waals surface area contributed by atoms with Crippen molar-refractivity contribution in [1.82, 2.24) is 0 Å². The molecule has 0 saturated carbocycles. The highest BCUT2D eigenvalue weighted by Crippen LogP contribution is 1.86. The Morgan fingerprint density at radius 2 is 1.25 bits per heavy atom. The van der Waals surface area contributed by atoms with Crippen molar-refractivity contribution in [2.75, 3.05) is 0 Å². The van der Waals surface area contributed by atoms with E-state index in [1.54, 1.807) is 0 Å². The molecule has 72 valence electrons. The minimum absolute atomic E-state index is 0.296. The fraction of sp³-hybridized carbons (Fsp3) is 0.500. The zero-order chi connectivity index (χ0) is 9.98. The molecule has 0 bridgehead atoms. The van der Waals surface area contributed by atoms with Gasteiger partial charge in [0.25, 0.3) is 0 Å². The molecule has 12 heavy (non-hydrogen) atoms. The van der Waals surface area contributed by atoms with Crippen molar-refractivity contribution in [3.63, 3.8) is 0 Å². The molecule has 0 rings (SSSR count). The molecule has 0 aliphatic heterocycles. The van der Waals surface area contributed by atoms with E-state index >= 15 is 0 Å². The summed E-state index contributed by atoms with van der Waals surface area (Å²) in [4.78, 5) is 25.9. The van der Waals surface area contributed by atoms with Gasteiger partial charge in [0.05, 0.1) is 12.8 Å². The summed E-state index contributed by atoms with van der Waals surface area (Å²) in [6, 6.07) is 0. The van der Waals surface area contributed by atoms with Crippen LogP contribution in [-0.2, 0) is 19.6 Å². The van der Waals surface area contributed by atoms with Crippen LogP contribution in [0.15, 0.2) is 0 Å². The summed E-state index contributed by atoms with van der Waals surface area (Å²) in [5, 5.41) is 15.8. The van der Waals surface area contributed by atoms with Crippen LogP contribution in [0.2, 0.25) is 0 Å². The van der Waals surface area contributed by atoms with Crippen LogP contribution in [-0.4, -0.2) is 22.2 Å². The third-order valence-electron chi connectivity index (χ3n) is 0.608. The van der Waals surface area contributed by atoms with E-state index < -0.39 is 11.9 Å². The van der Waals surface area contributed by atoms with Crippen LogP contribution in [0.1, 0.15) is 12.8 Å². The van der Waals surface area contributed by atoms with Gasteiger partial charge in [0.1, 0.15) is 0 Å². The van der Waals surface area contributed by atoms with E-state index in [1.165, 1.54) is 0 Å². The van der Waals surface area contributed by atoms with Gasteiger partial charge in [-0.2, -0.15) is 11.8 Å². The molecule has 0 fully saturated rings. The smallest absolute Gasteiger partial charge is 0.303 e. The summed E-state index contributed by atoms with van der Waals surface area (Å²) >= 11 is 0. The minimum Gasteiger partial charge on any atom is -0.481 e. The van der Waals surface area contributed by atoms with Crippen LogP contribution < -0.4 is 11.8 Å². The lowest BCUT2D eigenvalue weighted by Crippen LogP contribution is -2.04. The third-order valence-corrected chi connectivity index (χ3v) is 0.608. The van der Waals surface area contributed by atoms with E-state index in [0.29, 0.717) is 0 Å². The third kappa shape index (κ3) is 23.3. The van der Waals surface area contributed by atoms with Crippen LogP contribution >= 0.6 is 0 Å². The first kappa shape index (κ1) is 13.4. The normalized spacial score (nSPS) is 8.17. The average Bonchev–Trinajstić information content (AvgIpc) is 2.01. The molecule has 0 amide bonds. The van der Waals surface area contributed by atoms with E-state index in [2.05, 4.69) is 21.8 Å². The molecule has 0 atom stereocenters. The molecular formula is C4H10N2O6. The molecule has 0 aliphatic carbocycles. The molecule has 0 aromatic carbocycles. The molecule has 0 aromatic rings. The number of hydrogen-bond donors (Lipinski definition) is 4. The van der Waals surface area contributed by atoms with Crippen LogP contribution in [0.25, 0.3) is 0 Å². The van der Waals surface area contributed by atoms with Crippen molar-refractivity contribution in [2.24, 2.45) is 11.8 Å². The highest BCUT2D eigenvalue weighted by Gasteiger charge is 2.00. The molecule has 0 aliphatic rings. The summed E-state index contributed by atoms with van der Waals surface area (Å²) in [6.07, 6.45) is -0.593. The Kier molecular flexibility index (Phi) is 10.9. The monoisotopic (exact) mass is 182 g/mol. The number of carboxylic acid groups (broad SMARTS) is 2. The number of nitrogens with two attached hydrogens (primary N) is 2. The second kappa shape index (κ2) is 9.78. The van der Waals surface area contributed by atoms with Crippen LogP contribution in [0.5, 0.6) is 0 Å². The Bertz CT molecular complexity index is 122. The van der Waals surface area contributed by atoms with Gasteiger partial charge >= 0.3 is 11.9 Å². The first-order valence-electron chi connectivity index (χ1n) is 2.70. The zero-order valence-corrected chi connectivity index (χ0v) is 6.10. The highest BCUT2D eigenvalue weighted by atomic mass is 17.3. The van der Waals surface area contributed by atoms with Crippen LogP contribution in [0.4, 0.5) is 0 Å². The molecule has 6 N–H and O–H groups in total. The standard InChI is InChI=1S/C4H6O4.H4N2O2/c5-3(6)1-2-4(7)8;1-3-4-2/h1-2H2,(H,5,6)(H,7,8);1-2H2. The Morgan fingerprint density at radius 1 is 1.00 bits per heavy atom. The van der Waals surface area contributed by atoms with E-state index in [9.17, 15) is 9.59 Å². The van der Waals surface area contributed by atoms with Gasteiger partial charge in [-0.25, -0.2) is 0 Å². The van der Waals surface area contributed by atoms with Crippen LogP contribution in [0, 0.1) is 0 Å². The number of carbonyl (C=O) groups is 2. The summed E-state index contributed by atoms with van der Waals surface area (Å²) in [7, 11) is 0. The van der Waals surface area contributed by atoms with Crippen molar-refractivity contribution in [3.8, 4) is 0 Å². The van der Waals surface area contributed by atoms with Crippen molar-refractivity contribution in [2.45, 2.75) is 12.8 Å². The fourth-order valence-corrected chi connectivity index (χ4v) is 0.214. The van der Waals surface area contributed by atoms with Gasteiger partial charge in [-0.1, -0.05) is 0 Å². The first-order valence-corrected chi connectivity index (χ1v) is 2.70. The predicted molar refractivity (Wildman–Crippen MR) is 35.1 cm³/mol. The first-order chi connectivity index (χ1) is 5.54. The maximum Gasteiger partial charge on any atom is 0.303 e. The second-order valence-electron chi connectivity index (χ2n) is 1.48. The summed E-state index contributed by atoms with van der Waals surface area (Å²) in [5.74, 6) is 6.21. The lowest BCUT2D eigenvalue weighted by Gasteiger charge is -1.85. The van der Waals surface area contributed by atoms with Gasteiger partial charge in [0.2, 0.25) is 0 Å². The number of aliphatic carboxylic acids is 2. The van der Waals surface area contributed by atoms with E-state index in [-0.39, 0.29) is 12.8 Å². The van der Waals surface area contributed by atoms with Crippen molar-refractivity contribution < 1.29 is 29.8 Å². The Morgan fingerprint density at radius 3 is 1.33 bits per heavy atom. The maximum atomic E-state index is 9.64. The highest BCUT2D eigenvalue weighted by molar-refractivity contribution is 5.75. The molecule has 0 saturated heterocycles. The maximum absolute atomic E-state index is 9.64. The minimum atomic E-state index is -1.08. The molecule has 0 spiro atoms. The lowest BCUT2D eigenvalue weighted by atomic mass is 10.3. The van der Waals surface area contributed by atoms with Crippen molar-refractivity contribution in [3.05, 3.63) is 0 Å². The van der Waals surface area contributed by atoms with Gasteiger partial charge in [0, 0.05) is 0 Å². The molecule has 0 radical (unpaired) electrons. The van der Waals surface area contributed by atoms with Gasteiger partial charge in [-0.3, -0.25) is 9.59 Å². The molecule has 0 aromatic heterocycles. The average molecular weight is 182 g/mol. The molecular weight excluding hydrogens is 172 g/mol. The predicted octanol–water partition coefficient (Wildman–Crippen LogP) is -1.38. The molecule has 8 heteroatoms. The largest absolute Gasteiger partial charge is 0.481 e. The van der Waals surface area contributed by atoms with E-state index in [1.807, 2.05) is 0 Å². The van der Waals surface area contributed by atoms with Crippen LogP contribution in [0.3, 0.4) is 0 Å². The second-order valence-corrected chi connectivity index (χ2v) is 1.48. The van der Waals surface area contributed by atoms with Gasteiger partial charge in [-0.05, 0) is 0 Å². The molecule has 0 heterocycles. The van der Waals surface area contributed by atoms with Gasteiger partial charge < -0.3 is 10.2 Å². The van der Waals surface area contributed by atoms with Crippen molar-refractivity contribution >= 4 is 11.9 Å². The number of hydrogen-bond acceptors (Lipinski definition) is 6. The van der Waals surface area contributed by atoms with E-state index in [4.69, 9.17) is 10.2 Å². The molecule has 8 nitrogen and oxygen atoms in total. The zero-order valence-electron chi connectivity index (χ0n) is 6.10. The SMILES string of the molecule is NOON.O=C(O)CCC(=O)O. The van der Waals surface area contributed by atoms with Gasteiger partial charge in [-0.15, -0.1) is 9.98 Å².